The zero-order valence-electron chi connectivity index (χ0n) is 12.8. The van der Waals surface area contributed by atoms with Gasteiger partial charge in [0.05, 0.1) is 5.75 Å². The van der Waals surface area contributed by atoms with Crippen molar-refractivity contribution < 1.29 is 9.90 Å². The number of phenolic OH excluding ortho intramolecular Hbond substituents is 1. The van der Waals surface area contributed by atoms with E-state index in [0.717, 1.165) is 18.8 Å². The Bertz CT molecular complexity index is 666. The molecule has 3 rings (SSSR count). The first-order chi connectivity index (χ1) is 11.1. The van der Waals surface area contributed by atoms with Gasteiger partial charge in [-0.2, -0.15) is 0 Å². The van der Waals surface area contributed by atoms with Crippen LogP contribution in [0.4, 0.5) is 5.69 Å². The van der Waals surface area contributed by atoms with Gasteiger partial charge in [0, 0.05) is 38.9 Å². The predicted molar refractivity (Wildman–Crippen MR) is 86.4 cm³/mol. The van der Waals surface area contributed by atoms with Crippen LogP contribution in [0.25, 0.3) is 0 Å². The van der Waals surface area contributed by atoms with E-state index in [-0.39, 0.29) is 11.7 Å². The van der Waals surface area contributed by atoms with Crippen LogP contribution in [0.5, 0.6) is 5.75 Å². The molecule has 0 bridgehead atoms. The molecule has 9 heteroatoms. The van der Waals surface area contributed by atoms with Crippen molar-refractivity contribution in [3.05, 3.63) is 24.3 Å². The number of piperazine rings is 1. The van der Waals surface area contributed by atoms with Crippen molar-refractivity contribution in [1.82, 2.24) is 25.1 Å². The van der Waals surface area contributed by atoms with Gasteiger partial charge in [-0.25, -0.2) is 4.68 Å². The van der Waals surface area contributed by atoms with Crippen LogP contribution in [0.15, 0.2) is 29.4 Å². The standard InChI is InChI=1S/C14H18N6O2S/c1-18-14(15-16-17-18)23-10-13(22)20-8-6-19(7-9-20)11-2-4-12(21)5-3-11/h2-5,21H,6-10H2,1H3. The summed E-state index contributed by atoms with van der Waals surface area (Å²) < 4.78 is 1.56. The van der Waals surface area contributed by atoms with Gasteiger partial charge in [0.2, 0.25) is 11.1 Å². The second-order valence-corrected chi connectivity index (χ2v) is 6.20. The summed E-state index contributed by atoms with van der Waals surface area (Å²) in [6, 6.07) is 7.14. The molecule has 1 aliphatic rings. The van der Waals surface area contributed by atoms with E-state index in [1.807, 2.05) is 17.0 Å². The maximum Gasteiger partial charge on any atom is 0.233 e. The molecule has 122 valence electrons. The van der Waals surface area contributed by atoms with E-state index in [2.05, 4.69) is 20.4 Å². The van der Waals surface area contributed by atoms with Gasteiger partial charge in [0.25, 0.3) is 0 Å². The van der Waals surface area contributed by atoms with E-state index in [0.29, 0.717) is 24.0 Å². The number of hydrogen-bond donors (Lipinski definition) is 1. The molecule has 0 saturated carbocycles. The highest BCUT2D eigenvalue weighted by atomic mass is 32.2. The fourth-order valence-electron chi connectivity index (χ4n) is 2.44. The summed E-state index contributed by atoms with van der Waals surface area (Å²) >= 11 is 1.35. The van der Waals surface area contributed by atoms with Crippen molar-refractivity contribution in [2.75, 3.05) is 36.8 Å². The van der Waals surface area contributed by atoms with Gasteiger partial charge in [-0.1, -0.05) is 11.8 Å². The number of aryl methyl sites for hydroxylation is 1. The van der Waals surface area contributed by atoms with Gasteiger partial charge in [-0.05, 0) is 34.7 Å². The van der Waals surface area contributed by atoms with E-state index in [1.165, 1.54) is 11.8 Å². The molecule has 1 aliphatic heterocycles. The molecule has 2 aromatic rings. The van der Waals surface area contributed by atoms with E-state index in [4.69, 9.17) is 0 Å². The molecule has 1 aromatic heterocycles. The predicted octanol–water partition coefficient (Wildman–Crippen LogP) is 0.357. The molecule has 0 radical (unpaired) electrons. The molecular weight excluding hydrogens is 316 g/mol. The Morgan fingerprint density at radius 1 is 1.22 bits per heavy atom. The summed E-state index contributed by atoms with van der Waals surface area (Å²) in [5.74, 6) is 0.703. The van der Waals surface area contributed by atoms with Crippen LogP contribution in [0.2, 0.25) is 0 Å². The van der Waals surface area contributed by atoms with Gasteiger partial charge in [0.15, 0.2) is 0 Å². The zero-order chi connectivity index (χ0) is 16.2. The minimum absolute atomic E-state index is 0.100. The lowest BCUT2D eigenvalue weighted by Crippen LogP contribution is -2.49. The van der Waals surface area contributed by atoms with E-state index < -0.39 is 0 Å². The topological polar surface area (TPSA) is 87.4 Å². The van der Waals surface area contributed by atoms with E-state index >= 15 is 0 Å². The van der Waals surface area contributed by atoms with Gasteiger partial charge >= 0.3 is 0 Å². The van der Waals surface area contributed by atoms with Crippen LogP contribution >= 0.6 is 11.8 Å². The first kappa shape index (κ1) is 15.6. The SMILES string of the molecule is Cn1nnnc1SCC(=O)N1CCN(c2ccc(O)cc2)CC1. The van der Waals surface area contributed by atoms with Gasteiger partial charge < -0.3 is 14.9 Å². The molecule has 0 spiro atoms. The normalized spacial score (nSPS) is 15.0. The second kappa shape index (κ2) is 6.86. The Morgan fingerprint density at radius 3 is 2.52 bits per heavy atom. The number of phenols is 1. The fourth-order valence-corrected chi connectivity index (χ4v) is 3.19. The summed E-state index contributed by atoms with van der Waals surface area (Å²) in [6.07, 6.45) is 0. The van der Waals surface area contributed by atoms with E-state index in [9.17, 15) is 9.90 Å². The van der Waals surface area contributed by atoms with Crippen LogP contribution in [0.3, 0.4) is 0 Å². The first-order valence-electron chi connectivity index (χ1n) is 7.30. The molecule has 1 N–H and O–H groups in total. The van der Waals surface area contributed by atoms with E-state index in [1.54, 1.807) is 23.9 Å². The summed E-state index contributed by atoms with van der Waals surface area (Å²) in [5.41, 5.74) is 1.06. The Labute approximate surface area is 138 Å². The average molecular weight is 334 g/mol. The number of anilines is 1. The number of tetrazole rings is 1. The number of aromatic hydroxyl groups is 1. The number of rotatable bonds is 4. The molecule has 0 unspecified atom stereocenters. The van der Waals surface area contributed by atoms with Gasteiger partial charge in [-0.15, -0.1) is 5.10 Å². The lowest BCUT2D eigenvalue weighted by Gasteiger charge is -2.36. The molecule has 1 amide bonds. The number of thioether (sulfide) groups is 1. The maximum absolute atomic E-state index is 12.3. The molecule has 1 aromatic carbocycles. The first-order valence-corrected chi connectivity index (χ1v) is 8.29. The molecule has 8 nitrogen and oxygen atoms in total. The fraction of sp³-hybridized carbons (Fsp3) is 0.429. The number of aromatic nitrogens is 4. The largest absolute Gasteiger partial charge is 0.508 e. The van der Waals surface area contributed by atoms with Crippen molar-refractivity contribution in [3.63, 3.8) is 0 Å². The Morgan fingerprint density at radius 2 is 1.91 bits per heavy atom. The molecular formula is C14H18N6O2S. The Kier molecular flexibility index (Phi) is 4.65. The van der Waals surface area contributed by atoms with Crippen molar-refractivity contribution in [1.29, 1.82) is 0 Å². The molecule has 1 fully saturated rings. The summed E-state index contributed by atoms with van der Waals surface area (Å²) in [4.78, 5) is 16.3. The Balaban J connectivity index is 1.49. The lowest BCUT2D eigenvalue weighted by molar-refractivity contribution is -0.128. The van der Waals surface area contributed by atoms with Crippen molar-refractivity contribution in [2.45, 2.75) is 5.16 Å². The molecule has 1 saturated heterocycles. The number of amides is 1. The molecule has 23 heavy (non-hydrogen) atoms. The van der Waals surface area contributed by atoms with Crippen LogP contribution in [0, 0.1) is 0 Å². The smallest absolute Gasteiger partial charge is 0.233 e. The van der Waals surface area contributed by atoms with Crippen LogP contribution < -0.4 is 4.90 Å². The van der Waals surface area contributed by atoms with Crippen LogP contribution in [-0.2, 0) is 11.8 Å². The van der Waals surface area contributed by atoms with Crippen molar-refractivity contribution >= 4 is 23.4 Å². The third kappa shape index (κ3) is 3.73. The minimum Gasteiger partial charge on any atom is -0.508 e. The molecule has 0 aliphatic carbocycles. The van der Waals surface area contributed by atoms with Crippen molar-refractivity contribution in [3.8, 4) is 5.75 Å². The highest BCUT2D eigenvalue weighted by Crippen LogP contribution is 2.20. The van der Waals surface area contributed by atoms with Gasteiger partial charge in [0.1, 0.15) is 5.75 Å². The third-order valence-electron chi connectivity index (χ3n) is 3.75. The number of carbonyl (C=O) groups is 1. The molecule has 2 heterocycles. The zero-order valence-corrected chi connectivity index (χ0v) is 13.6. The highest BCUT2D eigenvalue weighted by molar-refractivity contribution is 7.99. The highest BCUT2D eigenvalue weighted by Gasteiger charge is 2.21. The van der Waals surface area contributed by atoms with Crippen LogP contribution in [0.1, 0.15) is 0 Å². The molecule has 0 atom stereocenters. The lowest BCUT2D eigenvalue weighted by atomic mass is 10.2. The summed E-state index contributed by atoms with van der Waals surface area (Å²) in [7, 11) is 1.75. The summed E-state index contributed by atoms with van der Waals surface area (Å²) in [6.45, 7) is 2.95. The third-order valence-corrected chi connectivity index (χ3v) is 4.75. The number of nitrogens with zero attached hydrogens (tertiary/aromatic N) is 6. The quantitative estimate of drug-likeness (QED) is 0.808. The Hall–Kier alpha value is -2.29. The van der Waals surface area contributed by atoms with Crippen molar-refractivity contribution in [2.24, 2.45) is 7.05 Å². The maximum atomic E-state index is 12.3. The summed E-state index contributed by atoms with van der Waals surface area (Å²) in [5, 5.41) is 21.1. The second-order valence-electron chi connectivity index (χ2n) is 5.26. The monoisotopic (exact) mass is 334 g/mol. The number of benzene rings is 1. The minimum atomic E-state index is 0.100. The number of hydrogen-bond acceptors (Lipinski definition) is 7. The van der Waals surface area contributed by atoms with Crippen LogP contribution in [-0.4, -0.2) is 68.1 Å². The van der Waals surface area contributed by atoms with Gasteiger partial charge in [-0.3, -0.25) is 4.79 Å². The average Bonchev–Trinajstić information content (AvgIpc) is 2.99. The number of carbonyl (C=O) groups excluding carboxylic acids is 1.